The predicted octanol–water partition coefficient (Wildman–Crippen LogP) is 2.62. The number of likely N-dealkylation sites (N-methyl/N-ethyl adjacent to an activating group) is 1. The zero-order chi connectivity index (χ0) is 18.0. The van der Waals surface area contributed by atoms with Gasteiger partial charge in [0, 0.05) is 30.8 Å². The average molecular weight is 351 g/mol. The van der Waals surface area contributed by atoms with Crippen LogP contribution in [0.15, 0.2) is 12.1 Å². The minimum absolute atomic E-state index is 0.113. The van der Waals surface area contributed by atoms with Gasteiger partial charge >= 0.3 is 0 Å². The molecule has 0 saturated heterocycles. The van der Waals surface area contributed by atoms with E-state index in [0.717, 1.165) is 37.0 Å². The molecule has 0 atom stereocenters. The van der Waals surface area contributed by atoms with E-state index < -0.39 is 6.43 Å². The number of aromatic nitrogens is 3. The lowest BCUT2D eigenvalue weighted by Crippen LogP contribution is -2.34. The van der Waals surface area contributed by atoms with Crippen LogP contribution in [0.3, 0.4) is 0 Å². The van der Waals surface area contributed by atoms with Gasteiger partial charge in [-0.25, -0.2) is 18.3 Å². The summed E-state index contributed by atoms with van der Waals surface area (Å²) in [5.41, 5.74) is 0.862. The molecule has 1 aliphatic carbocycles. The van der Waals surface area contributed by atoms with E-state index in [0.29, 0.717) is 17.9 Å². The molecule has 3 rings (SSSR count). The smallest absolute Gasteiger partial charge is 0.280 e. The maximum absolute atomic E-state index is 13.3. The van der Waals surface area contributed by atoms with Gasteiger partial charge in [0.2, 0.25) is 0 Å². The molecule has 6 nitrogen and oxygen atoms in total. The minimum atomic E-state index is -2.67. The molecule has 0 aliphatic heterocycles. The molecule has 0 spiro atoms. The third-order valence-corrected chi connectivity index (χ3v) is 4.53. The predicted molar refractivity (Wildman–Crippen MR) is 90.0 cm³/mol. The number of carbonyl (C=O) groups is 1. The Hall–Kier alpha value is -2.09. The first-order valence-electron chi connectivity index (χ1n) is 8.72. The summed E-state index contributed by atoms with van der Waals surface area (Å²) in [4.78, 5) is 18.8. The third-order valence-electron chi connectivity index (χ3n) is 4.53. The van der Waals surface area contributed by atoms with Crippen LogP contribution in [0.4, 0.5) is 8.78 Å². The number of halogens is 2. The summed E-state index contributed by atoms with van der Waals surface area (Å²) in [5, 5.41) is 6.83. The Kier molecular flexibility index (Phi) is 5.27. The summed E-state index contributed by atoms with van der Waals surface area (Å²) >= 11 is 0. The molecule has 25 heavy (non-hydrogen) atoms. The molecule has 8 heteroatoms. The van der Waals surface area contributed by atoms with Gasteiger partial charge in [-0.3, -0.25) is 4.79 Å². The first-order valence-corrected chi connectivity index (χ1v) is 8.72. The van der Waals surface area contributed by atoms with Crippen LogP contribution in [-0.2, 0) is 0 Å². The van der Waals surface area contributed by atoms with Crippen molar-refractivity contribution in [3.05, 3.63) is 29.2 Å². The van der Waals surface area contributed by atoms with E-state index in [1.54, 1.807) is 0 Å². The van der Waals surface area contributed by atoms with Crippen molar-refractivity contribution in [2.45, 2.75) is 39.0 Å². The van der Waals surface area contributed by atoms with Crippen molar-refractivity contribution in [3.63, 3.8) is 0 Å². The van der Waals surface area contributed by atoms with Crippen LogP contribution in [0.1, 0.15) is 60.9 Å². The monoisotopic (exact) mass is 351 g/mol. The highest BCUT2D eigenvalue weighted by Gasteiger charge is 2.28. The zero-order valence-electron chi connectivity index (χ0n) is 14.5. The van der Waals surface area contributed by atoms with E-state index in [2.05, 4.69) is 34.1 Å². The highest BCUT2D eigenvalue weighted by Crippen LogP contribution is 2.40. The number of nitrogens with one attached hydrogen (secondary N) is 1. The summed E-state index contributed by atoms with van der Waals surface area (Å²) in [7, 11) is 0. The highest BCUT2D eigenvalue weighted by atomic mass is 19.3. The minimum Gasteiger partial charge on any atom is -0.349 e. The van der Waals surface area contributed by atoms with Crippen molar-refractivity contribution in [1.29, 1.82) is 0 Å². The van der Waals surface area contributed by atoms with Gasteiger partial charge in [-0.05, 0) is 32.0 Å². The lowest BCUT2D eigenvalue weighted by Gasteiger charge is -2.17. The van der Waals surface area contributed by atoms with E-state index in [-0.39, 0.29) is 23.2 Å². The molecule has 1 aliphatic rings. The Bertz CT molecular complexity index is 753. The molecule has 0 radical (unpaired) electrons. The van der Waals surface area contributed by atoms with Crippen molar-refractivity contribution in [2.75, 3.05) is 26.2 Å². The maximum atomic E-state index is 13.3. The summed E-state index contributed by atoms with van der Waals surface area (Å²) in [6.45, 7) is 7.15. The first kappa shape index (κ1) is 17.7. The molecule has 2 aromatic heterocycles. The van der Waals surface area contributed by atoms with Gasteiger partial charge in [-0.1, -0.05) is 13.8 Å². The molecule has 1 N–H and O–H groups in total. The quantitative estimate of drug-likeness (QED) is 0.794. The number of alkyl halides is 2. The summed E-state index contributed by atoms with van der Waals surface area (Å²) in [6.07, 6.45) is -0.723. The Morgan fingerprint density at radius 1 is 1.36 bits per heavy atom. The third kappa shape index (κ3) is 3.95. The van der Waals surface area contributed by atoms with Crippen molar-refractivity contribution in [2.24, 2.45) is 0 Å². The standard InChI is InChI=1S/C17H23F2N5O/c1-3-23(4-2)8-7-20-17(25)13-10-15-21-12(11-5-6-11)9-14(16(18)19)24(15)22-13/h9-11,16H,3-8H2,1-2H3,(H,20,25). The first-order chi connectivity index (χ1) is 12.0. The van der Waals surface area contributed by atoms with Gasteiger partial charge < -0.3 is 10.2 Å². The largest absolute Gasteiger partial charge is 0.349 e. The van der Waals surface area contributed by atoms with Gasteiger partial charge in [0.1, 0.15) is 5.69 Å². The molecule has 1 fully saturated rings. The van der Waals surface area contributed by atoms with Crippen LogP contribution in [0, 0.1) is 0 Å². The van der Waals surface area contributed by atoms with Crippen LogP contribution >= 0.6 is 0 Å². The molecule has 0 aromatic carbocycles. The second kappa shape index (κ2) is 7.43. The van der Waals surface area contributed by atoms with Crippen LogP contribution in [-0.4, -0.2) is 51.6 Å². The Morgan fingerprint density at radius 2 is 2.08 bits per heavy atom. The SMILES string of the molecule is CCN(CC)CCNC(=O)c1cc2nc(C3CC3)cc(C(F)F)n2n1. The summed E-state index contributed by atoms with van der Waals surface area (Å²) in [5.74, 6) is -0.116. The number of hydrogen-bond acceptors (Lipinski definition) is 4. The van der Waals surface area contributed by atoms with Crippen molar-refractivity contribution in [1.82, 2.24) is 24.8 Å². The van der Waals surface area contributed by atoms with E-state index >= 15 is 0 Å². The topological polar surface area (TPSA) is 62.5 Å². The average Bonchev–Trinajstić information content (AvgIpc) is 3.36. The Labute approximate surface area is 145 Å². The van der Waals surface area contributed by atoms with E-state index in [1.165, 1.54) is 12.1 Å². The fraction of sp³-hybridized carbons (Fsp3) is 0.588. The number of nitrogens with zero attached hydrogens (tertiary/aromatic N) is 4. The van der Waals surface area contributed by atoms with Crippen LogP contribution in [0.5, 0.6) is 0 Å². The van der Waals surface area contributed by atoms with Crippen molar-refractivity contribution >= 4 is 11.6 Å². The van der Waals surface area contributed by atoms with Gasteiger partial charge in [0.25, 0.3) is 12.3 Å². The normalized spacial score (nSPS) is 14.6. The summed E-state index contributed by atoms with van der Waals surface area (Å²) in [6, 6.07) is 2.88. The molecule has 2 heterocycles. The lowest BCUT2D eigenvalue weighted by atomic mass is 10.2. The Balaban J connectivity index is 1.78. The molecular weight excluding hydrogens is 328 g/mol. The second-order valence-electron chi connectivity index (χ2n) is 6.26. The molecule has 0 bridgehead atoms. The van der Waals surface area contributed by atoms with E-state index in [9.17, 15) is 13.6 Å². The van der Waals surface area contributed by atoms with Gasteiger partial charge in [0.15, 0.2) is 11.3 Å². The summed E-state index contributed by atoms with van der Waals surface area (Å²) < 4.78 is 27.8. The number of fused-ring (bicyclic) bond motifs is 1. The van der Waals surface area contributed by atoms with E-state index in [1.807, 2.05) is 0 Å². The number of rotatable bonds is 8. The van der Waals surface area contributed by atoms with Crippen LogP contribution < -0.4 is 5.32 Å². The highest BCUT2D eigenvalue weighted by molar-refractivity contribution is 5.93. The number of carbonyl (C=O) groups excluding carboxylic acids is 1. The second-order valence-corrected chi connectivity index (χ2v) is 6.26. The maximum Gasteiger partial charge on any atom is 0.280 e. The Morgan fingerprint density at radius 3 is 2.68 bits per heavy atom. The molecule has 0 unspecified atom stereocenters. The number of amides is 1. The number of hydrogen-bond donors (Lipinski definition) is 1. The fourth-order valence-corrected chi connectivity index (χ4v) is 2.83. The van der Waals surface area contributed by atoms with Crippen molar-refractivity contribution in [3.8, 4) is 0 Å². The van der Waals surface area contributed by atoms with E-state index in [4.69, 9.17) is 0 Å². The van der Waals surface area contributed by atoms with Crippen molar-refractivity contribution < 1.29 is 13.6 Å². The fourth-order valence-electron chi connectivity index (χ4n) is 2.83. The lowest BCUT2D eigenvalue weighted by molar-refractivity contribution is 0.0942. The molecular formula is C17H23F2N5O. The molecule has 1 amide bonds. The zero-order valence-corrected chi connectivity index (χ0v) is 14.5. The van der Waals surface area contributed by atoms with Gasteiger partial charge in [-0.2, -0.15) is 5.10 Å². The van der Waals surface area contributed by atoms with Gasteiger partial charge in [0.05, 0.1) is 0 Å². The van der Waals surface area contributed by atoms with Crippen LogP contribution in [0.2, 0.25) is 0 Å². The molecule has 2 aromatic rings. The van der Waals surface area contributed by atoms with Crippen LogP contribution in [0.25, 0.3) is 5.65 Å². The van der Waals surface area contributed by atoms with Gasteiger partial charge in [-0.15, -0.1) is 0 Å². The molecule has 136 valence electrons. The molecule has 1 saturated carbocycles.